The number of aromatic nitrogens is 2. The van der Waals surface area contributed by atoms with Crippen LogP contribution in [0.2, 0.25) is 0 Å². The second kappa shape index (κ2) is 3.82. The van der Waals surface area contributed by atoms with Crippen LogP contribution < -0.4 is 4.90 Å². The molecule has 1 aromatic rings. The summed E-state index contributed by atoms with van der Waals surface area (Å²) in [6, 6.07) is 0. The Labute approximate surface area is 83.5 Å². The fraction of sp³-hybridized carbons (Fsp3) is 0.600. The van der Waals surface area contributed by atoms with Crippen molar-refractivity contribution >= 4 is 12.2 Å². The number of rotatable bonds is 2. The smallest absolute Gasteiger partial charge is 0.205 e. The number of aldehydes is 1. The molecule has 0 N–H and O–H groups in total. The molecule has 0 radical (unpaired) electrons. The number of carbonyl (C=O) groups excluding carboxylic acids is 1. The number of piperidine rings is 1. The minimum atomic E-state index is 0.181. The Kier molecular flexibility index (Phi) is 2.52. The third-order valence-corrected chi connectivity index (χ3v) is 2.73. The average molecular weight is 193 g/mol. The monoisotopic (exact) mass is 193 g/mol. The summed E-state index contributed by atoms with van der Waals surface area (Å²) in [6.07, 6.45) is 6.88. The van der Waals surface area contributed by atoms with Gasteiger partial charge in [-0.25, -0.2) is 4.98 Å². The topological polar surface area (TPSA) is 38.1 Å². The van der Waals surface area contributed by atoms with Gasteiger partial charge in [0.05, 0.1) is 0 Å². The third-order valence-electron chi connectivity index (χ3n) is 2.73. The van der Waals surface area contributed by atoms with Gasteiger partial charge in [0.1, 0.15) is 6.29 Å². The highest BCUT2D eigenvalue weighted by atomic mass is 16.1. The zero-order valence-corrected chi connectivity index (χ0v) is 8.39. The highest BCUT2D eigenvalue weighted by molar-refractivity contribution is 5.55. The minimum Gasteiger partial charge on any atom is -0.342 e. The summed E-state index contributed by atoms with van der Waals surface area (Å²) in [6.45, 7) is 1.82. The molecular weight excluding hydrogens is 178 g/mol. The highest BCUT2D eigenvalue weighted by Crippen LogP contribution is 2.19. The zero-order valence-electron chi connectivity index (χ0n) is 8.39. The molecule has 0 spiro atoms. The number of hydrogen-bond acceptors (Lipinski definition) is 3. The lowest BCUT2D eigenvalue weighted by Gasteiger charge is -2.30. The second-order valence-corrected chi connectivity index (χ2v) is 3.82. The SMILES string of the molecule is Cn1ccnc1N1CCCC(C=O)C1. The molecule has 14 heavy (non-hydrogen) atoms. The van der Waals surface area contributed by atoms with Crippen LogP contribution in [0.5, 0.6) is 0 Å². The van der Waals surface area contributed by atoms with Crippen molar-refractivity contribution in [2.75, 3.05) is 18.0 Å². The first-order valence-electron chi connectivity index (χ1n) is 4.99. The van der Waals surface area contributed by atoms with Gasteiger partial charge < -0.3 is 14.3 Å². The van der Waals surface area contributed by atoms with E-state index in [9.17, 15) is 4.79 Å². The Balaban J connectivity index is 2.11. The van der Waals surface area contributed by atoms with Crippen molar-refractivity contribution in [3.8, 4) is 0 Å². The predicted molar refractivity (Wildman–Crippen MR) is 54.2 cm³/mol. The van der Waals surface area contributed by atoms with Gasteiger partial charge in [0.25, 0.3) is 0 Å². The molecule has 1 saturated heterocycles. The Morgan fingerprint density at radius 3 is 3.14 bits per heavy atom. The summed E-state index contributed by atoms with van der Waals surface area (Å²) in [5, 5.41) is 0. The van der Waals surface area contributed by atoms with E-state index in [1.165, 1.54) is 0 Å². The number of carbonyl (C=O) groups is 1. The normalized spacial score (nSPS) is 22.4. The third kappa shape index (κ3) is 1.64. The van der Waals surface area contributed by atoms with Crippen molar-refractivity contribution in [2.45, 2.75) is 12.8 Å². The van der Waals surface area contributed by atoms with Gasteiger partial charge in [-0.2, -0.15) is 0 Å². The summed E-state index contributed by atoms with van der Waals surface area (Å²) >= 11 is 0. The summed E-state index contributed by atoms with van der Waals surface area (Å²) in [4.78, 5) is 17.2. The van der Waals surface area contributed by atoms with E-state index in [4.69, 9.17) is 0 Å². The molecular formula is C10H15N3O. The molecule has 1 atom stereocenters. The number of anilines is 1. The molecule has 2 rings (SSSR count). The van der Waals surface area contributed by atoms with Crippen LogP contribution in [-0.4, -0.2) is 28.9 Å². The van der Waals surface area contributed by atoms with Crippen molar-refractivity contribution in [1.29, 1.82) is 0 Å². The zero-order chi connectivity index (χ0) is 9.97. The molecule has 0 aliphatic carbocycles. The summed E-state index contributed by atoms with van der Waals surface area (Å²) in [7, 11) is 1.98. The molecule has 0 aromatic carbocycles. The maximum absolute atomic E-state index is 10.7. The van der Waals surface area contributed by atoms with Gasteiger partial charge in [-0.3, -0.25) is 0 Å². The van der Waals surface area contributed by atoms with E-state index in [0.717, 1.165) is 38.2 Å². The van der Waals surface area contributed by atoms with E-state index in [1.54, 1.807) is 6.20 Å². The van der Waals surface area contributed by atoms with E-state index < -0.39 is 0 Å². The van der Waals surface area contributed by atoms with E-state index in [2.05, 4.69) is 9.88 Å². The fourth-order valence-corrected chi connectivity index (χ4v) is 1.97. The Morgan fingerprint density at radius 1 is 1.64 bits per heavy atom. The first-order chi connectivity index (χ1) is 6.81. The summed E-state index contributed by atoms with van der Waals surface area (Å²) < 4.78 is 1.99. The van der Waals surface area contributed by atoms with Crippen molar-refractivity contribution in [3.05, 3.63) is 12.4 Å². The molecule has 76 valence electrons. The summed E-state index contributed by atoms with van der Waals surface area (Å²) in [5.41, 5.74) is 0. The first kappa shape index (κ1) is 9.24. The Hall–Kier alpha value is -1.32. The number of nitrogens with zero attached hydrogens (tertiary/aromatic N) is 3. The van der Waals surface area contributed by atoms with Crippen LogP contribution in [0.15, 0.2) is 12.4 Å². The predicted octanol–water partition coefficient (Wildman–Crippen LogP) is 0.835. The minimum absolute atomic E-state index is 0.181. The molecule has 1 unspecified atom stereocenters. The molecule has 1 aromatic heterocycles. The van der Waals surface area contributed by atoms with E-state index in [1.807, 2.05) is 17.8 Å². The quantitative estimate of drug-likeness (QED) is 0.653. The molecule has 0 amide bonds. The van der Waals surface area contributed by atoms with Crippen molar-refractivity contribution in [3.63, 3.8) is 0 Å². The number of hydrogen-bond donors (Lipinski definition) is 0. The van der Waals surface area contributed by atoms with Crippen LogP contribution in [-0.2, 0) is 11.8 Å². The van der Waals surface area contributed by atoms with Crippen LogP contribution in [0.1, 0.15) is 12.8 Å². The second-order valence-electron chi connectivity index (χ2n) is 3.82. The van der Waals surface area contributed by atoms with Gasteiger partial charge in [-0.15, -0.1) is 0 Å². The largest absolute Gasteiger partial charge is 0.342 e. The lowest BCUT2D eigenvalue weighted by atomic mass is 10.0. The Bertz CT molecular complexity index is 321. The Morgan fingerprint density at radius 2 is 2.50 bits per heavy atom. The van der Waals surface area contributed by atoms with Gasteiger partial charge >= 0.3 is 0 Å². The number of aryl methyl sites for hydroxylation is 1. The van der Waals surface area contributed by atoms with Crippen molar-refractivity contribution in [2.24, 2.45) is 13.0 Å². The molecule has 1 fully saturated rings. The molecule has 0 bridgehead atoms. The average Bonchev–Trinajstić information content (AvgIpc) is 2.65. The van der Waals surface area contributed by atoms with Gasteiger partial charge in [0.2, 0.25) is 5.95 Å². The lowest BCUT2D eigenvalue weighted by molar-refractivity contribution is -0.111. The van der Waals surface area contributed by atoms with Crippen molar-refractivity contribution in [1.82, 2.24) is 9.55 Å². The summed E-state index contributed by atoms with van der Waals surface area (Å²) in [5.74, 6) is 1.15. The molecule has 4 heteroatoms. The van der Waals surface area contributed by atoms with E-state index >= 15 is 0 Å². The van der Waals surface area contributed by atoms with E-state index in [0.29, 0.717) is 0 Å². The molecule has 0 saturated carbocycles. The molecule has 1 aliphatic rings. The van der Waals surface area contributed by atoms with Crippen LogP contribution in [0, 0.1) is 5.92 Å². The fourth-order valence-electron chi connectivity index (χ4n) is 1.97. The van der Waals surface area contributed by atoms with Gasteiger partial charge in [-0.05, 0) is 12.8 Å². The van der Waals surface area contributed by atoms with E-state index in [-0.39, 0.29) is 5.92 Å². The molecule has 4 nitrogen and oxygen atoms in total. The van der Waals surface area contributed by atoms with Crippen LogP contribution in [0.25, 0.3) is 0 Å². The van der Waals surface area contributed by atoms with Gasteiger partial charge in [0.15, 0.2) is 0 Å². The molecule has 2 heterocycles. The standard InChI is InChI=1S/C10H15N3O/c1-12-6-4-11-10(12)13-5-2-3-9(7-13)8-14/h4,6,8-9H,2-3,5,7H2,1H3. The molecule has 1 aliphatic heterocycles. The highest BCUT2D eigenvalue weighted by Gasteiger charge is 2.21. The van der Waals surface area contributed by atoms with Crippen LogP contribution in [0.3, 0.4) is 0 Å². The number of imidazole rings is 1. The van der Waals surface area contributed by atoms with Crippen molar-refractivity contribution < 1.29 is 4.79 Å². The maximum Gasteiger partial charge on any atom is 0.205 e. The van der Waals surface area contributed by atoms with Gasteiger partial charge in [-0.1, -0.05) is 0 Å². The van der Waals surface area contributed by atoms with Crippen LogP contribution in [0.4, 0.5) is 5.95 Å². The lowest BCUT2D eigenvalue weighted by Crippen LogP contribution is -2.37. The van der Waals surface area contributed by atoms with Crippen LogP contribution >= 0.6 is 0 Å². The maximum atomic E-state index is 10.7. The first-order valence-corrected chi connectivity index (χ1v) is 4.99. The van der Waals surface area contributed by atoms with Gasteiger partial charge in [0, 0.05) is 38.4 Å².